The molecule has 2 saturated carbocycles. The molecule has 1 aromatic rings. The van der Waals surface area contributed by atoms with Gasteiger partial charge in [-0.15, -0.1) is 10.2 Å². The smallest absolute Gasteiger partial charge is 0.315 e. The molecule has 0 atom stereocenters. The van der Waals surface area contributed by atoms with Crippen molar-refractivity contribution in [1.29, 1.82) is 0 Å². The number of nitrogens with zero attached hydrogens (tertiary/aromatic N) is 3. The molecule has 6 heteroatoms. The molecule has 1 heterocycles. The first kappa shape index (κ1) is 16.3. The Bertz CT molecular complexity index is 517. The number of aromatic nitrogens is 3. The summed E-state index contributed by atoms with van der Waals surface area (Å²) in [6.07, 6.45) is 10.3. The van der Waals surface area contributed by atoms with Crippen molar-refractivity contribution in [2.24, 2.45) is 0 Å². The van der Waals surface area contributed by atoms with Gasteiger partial charge in [0.15, 0.2) is 0 Å². The van der Waals surface area contributed by atoms with Crippen LogP contribution in [0.3, 0.4) is 0 Å². The maximum Gasteiger partial charge on any atom is 0.315 e. The van der Waals surface area contributed by atoms with Crippen LogP contribution < -0.4 is 10.6 Å². The Labute approximate surface area is 138 Å². The zero-order valence-electron chi connectivity index (χ0n) is 14.2. The Hall–Kier alpha value is -1.59. The molecule has 0 spiro atoms. The highest BCUT2D eigenvalue weighted by molar-refractivity contribution is 5.74. The number of carbonyl (C=O) groups is 1. The first-order valence-electron chi connectivity index (χ1n) is 9.24. The van der Waals surface area contributed by atoms with Gasteiger partial charge >= 0.3 is 6.03 Å². The van der Waals surface area contributed by atoms with Crippen LogP contribution in [0, 0.1) is 0 Å². The lowest BCUT2D eigenvalue weighted by Gasteiger charge is -2.22. The predicted molar refractivity (Wildman–Crippen MR) is 89.4 cm³/mol. The van der Waals surface area contributed by atoms with Gasteiger partial charge in [0, 0.05) is 31.5 Å². The lowest BCUT2D eigenvalue weighted by Crippen LogP contribution is -2.43. The highest BCUT2D eigenvalue weighted by atomic mass is 16.2. The van der Waals surface area contributed by atoms with E-state index in [2.05, 4.69) is 32.3 Å². The maximum absolute atomic E-state index is 11.9. The molecule has 23 heavy (non-hydrogen) atoms. The van der Waals surface area contributed by atoms with E-state index in [9.17, 15) is 4.79 Å². The van der Waals surface area contributed by atoms with Crippen LogP contribution in [0.15, 0.2) is 0 Å². The number of nitrogens with one attached hydrogen (secondary N) is 2. The first-order valence-corrected chi connectivity index (χ1v) is 9.24. The molecule has 3 rings (SSSR count). The van der Waals surface area contributed by atoms with Gasteiger partial charge in [0.05, 0.1) is 0 Å². The van der Waals surface area contributed by atoms with Crippen molar-refractivity contribution in [3.05, 3.63) is 11.6 Å². The minimum atomic E-state index is -0.0208. The van der Waals surface area contributed by atoms with Gasteiger partial charge in [-0.3, -0.25) is 0 Å². The predicted octanol–water partition coefficient (Wildman–Crippen LogP) is 2.74. The zero-order chi connectivity index (χ0) is 16.1. The van der Waals surface area contributed by atoms with E-state index in [1.165, 1.54) is 32.1 Å². The Kier molecular flexibility index (Phi) is 5.51. The number of rotatable bonds is 7. The highest BCUT2D eigenvalue weighted by Gasteiger charge is 2.29. The van der Waals surface area contributed by atoms with Crippen LogP contribution >= 0.6 is 0 Å². The van der Waals surface area contributed by atoms with Crippen LogP contribution in [0.2, 0.25) is 0 Å². The normalized spacial score (nSPS) is 18.8. The molecule has 2 amide bonds. The second kappa shape index (κ2) is 7.79. The fourth-order valence-corrected chi connectivity index (χ4v) is 3.45. The molecule has 0 aromatic carbocycles. The molecular formula is C17H29N5O. The minimum absolute atomic E-state index is 0.0208. The van der Waals surface area contributed by atoms with E-state index in [0.29, 0.717) is 18.5 Å². The summed E-state index contributed by atoms with van der Waals surface area (Å²) in [6.45, 7) is 3.77. The third kappa shape index (κ3) is 4.45. The molecule has 2 N–H and O–H groups in total. The topological polar surface area (TPSA) is 71.8 Å². The fraction of sp³-hybridized carbons (Fsp3) is 0.824. The maximum atomic E-state index is 11.9. The number of aryl methyl sites for hydroxylation is 1. The van der Waals surface area contributed by atoms with Crippen molar-refractivity contribution in [2.75, 3.05) is 6.54 Å². The van der Waals surface area contributed by atoms with Gasteiger partial charge in [0.2, 0.25) is 0 Å². The van der Waals surface area contributed by atoms with E-state index in [4.69, 9.17) is 0 Å². The van der Waals surface area contributed by atoms with Crippen LogP contribution in [0.1, 0.15) is 75.9 Å². The van der Waals surface area contributed by atoms with Crippen molar-refractivity contribution in [1.82, 2.24) is 25.4 Å². The van der Waals surface area contributed by atoms with Crippen molar-refractivity contribution in [3.8, 4) is 0 Å². The molecule has 2 fully saturated rings. The lowest BCUT2D eigenvalue weighted by molar-refractivity contribution is 0.232. The lowest BCUT2D eigenvalue weighted by atomic mass is 9.96. The third-order valence-corrected chi connectivity index (χ3v) is 4.92. The van der Waals surface area contributed by atoms with Crippen molar-refractivity contribution in [2.45, 2.75) is 83.2 Å². The van der Waals surface area contributed by atoms with E-state index < -0.39 is 0 Å². The Balaban J connectivity index is 1.37. The molecule has 0 radical (unpaired) electrons. The number of carbonyl (C=O) groups excluding carboxylic acids is 1. The standard InChI is InChI=1S/C17H29N5O/c1-2-22-15(20-21-16(22)13-10-11-13)9-6-12-18-17(23)19-14-7-4-3-5-8-14/h13-14H,2-12H2,1H3,(H2,18,19,23). The number of urea groups is 1. The number of hydrogen-bond donors (Lipinski definition) is 2. The third-order valence-electron chi connectivity index (χ3n) is 4.92. The van der Waals surface area contributed by atoms with Gasteiger partial charge in [-0.2, -0.15) is 0 Å². The van der Waals surface area contributed by atoms with E-state index in [1.54, 1.807) is 0 Å². The van der Waals surface area contributed by atoms with Crippen LogP contribution in [-0.2, 0) is 13.0 Å². The summed E-state index contributed by atoms with van der Waals surface area (Å²) in [6, 6.07) is 0.348. The molecule has 1 aromatic heterocycles. The van der Waals surface area contributed by atoms with Crippen LogP contribution in [0.4, 0.5) is 4.79 Å². The summed E-state index contributed by atoms with van der Waals surface area (Å²) in [7, 11) is 0. The minimum Gasteiger partial charge on any atom is -0.338 e. The zero-order valence-corrected chi connectivity index (χ0v) is 14.2. The average molecular weight is 319 g/mol. The SMILES string of the molecule is CCn1c(CCCNC(=O)NC2CCCCC2)nnc1C1CC1. The summed E-state index contributed by atoms with van der Waals surface area (Å²) in [4.78, 5) is 11.9. The fourth-order valence-electron chi connectivity index (χ4n) is 3.45. The summed E-state index contributed by atoms with van der Waals surface area (Å²) in [5.41, 5.74) is 0. The summed E-state index contributed by atoms with van der Waals surface area (Å²) >= 11 is 0. The van der Waals surface area contributed by atoms with E-state index in [1.807, 2.05) is 0 Å². The molecule has 2 aliphatic carbocycles. The largest absolute Gasteiger partial charge is 0.338 e. The van der Waals surface area contributed by atoms with Crippen molar-refractivity contribution in [3.63, 3.8) is 0 Å². The number of amides is 2. The van der Waals surface area contributed by atoms with E-state index in [-0.39, 0.29) is 6.03 Å². The molecule has 128 valence electrons. The number of hydrogen-bond acceptors (Lipinski definition) is 3. The summed E-state index contributed by atoms with van der Waals surface area (Å²) in [5.74, 6) is 2.85. The van der Waals surface area contributed by atoms with Crippen molar-refractivity contribution >= 4 is 6.03 Å². The highest BCUT2D eigenvalue weighted by Crippen LogP contribution is 2.39. The first-order chi connectivity index (χ1) is 11.3. The molecule has 0 saturated heterocycles. The van der Waals surface area contributed by atoms with Crippen LogP contribution in [0.25, 0.3) is 0 Å². The molecule has 0 aliphatic heterocycles. The van der Waals surface area contributed by atoms with Gasteiger partial charge in [0.25, 0.3) is 0 Å². The second-order valence-electron chi connectivity index (χ2n) is 6.83. The van der Waals surface area contributed by atoms with Gasteiger partial charge < -0.3 is 15.2 Å². The van der Waals surface area contributed by atoms with Crippen LogP contribution in [0.5, 0.6) is 0 Å². The molecule has 0 unspecified atom stereocenters. The van der Waals surface area contributed by atoms with Crippen molar-refractivity contribution < 1.29 is 4.79 Å². The Morgan fingerprint density at radius 1 is 1.17 bits per heavy atom. The monoisotopic (exact) mass is 319 g/mol. The van der Waals surface area contributed by atoms with Gasteiger partial charge in [0.1, 0.15) is 11.6 Å². The van der Waals surface area contributed by atoms with Gasteiger partial charge in [-0.05, 0) is 39.0 Å². The Morgan fingerprint density at radius 3 is 2.65 bits per heavy atom. The molecule has 6 nitrogen and oxygen atoms in total. The average Bonchev–Trinajstić information content (AvgIpc) is 3.33. The summed E-state index contributed by atoms with van der Waals surface area (Å²) in [5, 5.41) is 14.8. The van der Waals surface area contributed by atoms with E-state index in [0.717, 1.165) is 43.9 Å². The van der Waals surface area contributed by atoms with Gasteiger partial charge in [-0.25, -0.2) is 4.79 Å². The Morgan fingerprint density at radius 2 is 1.96 bits per heavy atom. The molecular weight excluding hydrogens is 290 g/mol. The molecule has 0 bridgehead atoms. The second-order valence-corrected chi connectivity index (χ2v) is 6.83. The van der Waals surface area contributed by atoms with Gasteiger partial charge in [-0.1, -0.05) is 19.3 Å². The summed E-state index contributed by atoms with van der Waals surface area (Å²) < 4.78 is 2.25. The molecule has 2 aliphatic rings. The quantitative estimate of drug-likeness (QED) is 0.759. The van der Waals surface area contributed by atoms with Crippen LogP contribution in [-0.4, -0.2) is 33.4 Å². The van der Waals surface area contributed by atoms with E-state index >= 15 is 0 Å².